The lowest BCUT2D eigenvalue weighted by molar-refractivity contribution is 0.0963. The van der Waals surface area contributed by atoms with Crippen LogP contribution in [0.3, 0.4) is 0 Å². The monoisotopic (exact) mass is 394 g/mol. The Morgan fingerprint density at radius 3 is 2.68 bits per heavy atom. The van der Waals surface area contributed by atoms with Gasteiger partial charge in [-0.1, -0.05) is 55.3 Å². The normalized spacial score (nSPS) is 16.1. The highest BCUT2D eigenvalue weighted by atomic mass is 35.5. The Labute approximate surface area is 170 Å². The maximum Gasteiger partial charge on any atom is 0.167 e. The zero-order chi connectivity index (χ0) is 19.7. The second kappa shape index (κ2) is 7.80. The standard InChI is InChI=1S/C23H23ClN2O2/c1-3-7-19-23-18(12-16(13-21(23)27)15-8-5-4-6-9-15)25-26(19)20-14-17(24)10-11-22(20)28-2/h4-6,8-11,14,16H,3,7,12-13H2,1-2H3/t16-/m1/s1. The van der Waals surface area contributed by atoms with E-state index >= 15 is 0 Å². The van der Waals surface area contributed by atoms with E-state index in [-0.39, 0.29) is 11.7 Å². The number of halogens is 1. The second-order valence-corrected chi connectivity index (χ2v) is 7.62. The molecule has 0 bridgehead atoms. The van der Waals surface area contributed by atoms with Gasteiger partial charge in [0.05, 0.1) is 24.1 Å². The molecule has 1 atom stereocenters. The van der Waals surface area contributed by atoms with Crippen LogP contribution < -0.4 is 4.74 Å². The molecule has 0 unspecified atom stereocenters. The second-order valence-electron chi connectivity index (χ2n) is 7.19. The molecule has 1 heterocycles. The molecule has 3 aromatic rings. The molecule has 0 spiro atoms. The molecule has 144 valence electrons. The number of hydrogen-bond acceptors (Lipinski definition) is 3. The summed E-state index contributed by atoms with van der Waals surface area (Å²) in [5, 5.41) is 5.48. The Morgan fingerprint density at radius 2 is 1.96 bits per heavy atom. The predicted octanol–water partition coefficient (Wildman–Crippen LogP) is 5.40. The predicted molar refractivity (Wildman–Crippen MR) is 111 cm³/mol. The van der Waals surface area contributed by atoms with Crippen molar-refractivity contribution in [3.05, 3.63) is 76.1 Å². The van der Waals surface area contributed by atoms with Crippen molar-refractivity contribution in [1.29, 1.82) is 0 Å². The highest BCUT2D eigenvalue weighted by Crippen LogP contribution is 2.36. The van der Waals surface area contributed by atoms with Gasteiger partial charge < -0.3 is 4.74 Å². The van der Waals surface area contributed by atoms with Gasteiger partial charge in [-0.15, -0.1) is 0 Å². The summed E-state index contributed by atoms with van der Waals surface area (Å²) in [6, 6.07) is 15.7. The number of rotatable bonds is 5. The van der Waals surface area contributed by atoms with Crippen LogP contribution in [-0.4, -0.2) is 22.7 Å². The lowest BCUT2D eigenvalue weighted by Crippen LogP contribution is -2.19. The van der Waals surface area contributed by atoms with Crippen molar-refractivity contribution >= 4 is 17.4 Å². The number of fused-ring (bicyclic) bond motifs is 1. The first kappa shape index (κ1) is 18.8. The molecule has 1 aromatic heterocycles. The minimum absolute atomic E-state index is 0.167. The molecule has 2 aromatic carbocycles. The van der Waals surface area contributed by atoms with E-state index in [9.17, 15) is 4.79 Å². The summed E-state index contributed by atoms with van der Waals surface area (Å²) < 4.78 is 7.40. The first-order valence-electron chi connectivity index (χ1n) is 9.65. The summed E-state index contributed by atoms with van der Waals surface area (Å²) in [7, 11) is 1.63. The molecule has 0 amide bonds. The van der Waals surface area contributed by atoms with E-state index < -0.39 is 0 Å². The molecule has 1 aliphatic rings. The van der Waals surface area contributed by atoms with E-state index in [1.807, 2.05) is 35.0 Å². The van der Waals surface area contributed by atoms with Gasteiger partial charge in [0.2, 0.25) is 0 Å². The number of aromatic nitrogens is 2. The summed E-state index contributed by atoms with van der Waals surface area (Å²) in [5.41, 5.74) is 4.58. The van der Waals surface area contributed by atoms with Gasteiger partial charge in [-0.3, -0.25) is 4.79 Å². The first-order valence-corrected chi connectivity index (χ1v) is 10.0. The van der Waals surface area contributed by atoms with Gasteiger partial charge in [0.25, 0.3) is 0 Å². The lowest BCUT2D eigenvalue weighted by Gasteiger charge is -2.21. The number of nitrogens with zero attached hydrogens (tertiary/aromatic N) is 2. The minimum Gasteiger partial charge on any atom is -0.494 e. The fraction of sp³-hybridized carbons (Fsp3) is 0.304. The molecule has 1 aliphatic carbocycles. The molecule has 0 saturated carbocycles. The number of methoxy groups -OCH3 is 1. The average molecular weight is 395 g/mol. The summed E-state index contributed by atoms with van der Waals surface area (Å²) in [5.74, 6) is 1.03. The highest BCUT2D eigenvalue weighted by Gasteiger charge is 2.33. The van der Waals surface area contributed by atoms with Crippen molar-refractivity contribution in [3.63, 3.8) is 0 Å². The molecule has 0 fully saturated rings. The van der Waals surface area contributed by atoms with E-state index in [1.165, 1.54) is 5.56 Å². The minimum atomic E-state index is 0.167. The van der Waals surface area contributed by atoms with Crippen LogP contribution in [0.2, 0.25) is 5.02 Å². The maximum absolute atomic E-state index is 13.1. The van der Waals surface area contributed by atoms with E-state index in [0.717, 1.165) is 41.9 Å². The zero-order valence-electron chi connectivity index (χ0n) is 16.1. The van der Waals surface area contributed by atoms with Crippen molar-refractivity contribution < 1.29 is 9.53 Å². The fourth-order valence-corrected chi connectivity index (χ4v) is 4.22. The summed E-state index contributed by atoms with van der Waals surface area (Å²) in [6.07, 6.45) is 2.99. The number of benzene rings is 2. The molecular formula is C23H23ClN2O2. The molecule has 5 heteroatoms. The molecule has 4 rings (SSSR count). The van der Waals surface area contributed by atoms with Crippen molar-refractivity contribution in [2.24, 2.45) is 0 Å². The van der Waals surface area contributed by atoms with E-state index in [1.54, 1.807) is 13.2 Å². The van der Waals surface area contributed by atoms with Crippen LogP contribution in [0.15, 0.2) is 48.5 Å². The SMILES string of the molecule is CCCc1c2c(nn1-c1cc(Cl)ccc1OC)C[C@@H](c1ccccc1)CC2=O. The Morgan fingerprint density at radius 1 is 1.18 bits per heavy atom. The van der Waals surface area contributed by atoms with Gasteiger partial charge >= 0.3 is 0 Å². The average Bonchev–Trinajstić information content (AvgIpc) is 3.07. The van der Waals surface area contributed by atoms with Crippen LogP contribution in [0.1, 0.15) is 53.0 Å². The van der Waals surface area contributed by atoms with Crippen LogP contribution in [0.5, 0.6) is 5.75 Å². The van der Waals surface area contributed by atoms with Gasteiger partial charge in [0.1, 0.15) is 11.4 Å². The number of carbonyl (C=O) groups excluding carboxylic acids is 1. The smallest absolute Gasteiger partial charge is 0.167 e. The van der Waals surface area contributed by atoms with E-state index in [0.29, 0.717) is 17.2 Å². The number of hydrogen-bond donors (Lipinski definition) is 0. The summed E-state index contributed by atoms with van der Waals surface area (Å²) in [6.45, 7) is 2.11. The molecule has 4 nitrogen and oxygen atoms in total. The van der Waals surface area contributed by atoms with Gasteiger partial charge in [-0.2, -0.15) is 5.10 Å². The summed E-state index contributed by atoms with van der Waals surface area (Å²) >= 11 is 6.25. The molecule has 0 aliphatic heterocycles. The number of ether oxygens (including phenoxy) is 1. The van der Waals surface area contributed by atoms with Gasteiger partial charge in [-0.05, 0) is 42.5 Å². The first-order chi connectivity index (χ1) is 13.6. The third-order valence-electron chi connectivity index (χ3n) is 5.33. The van der Waals surface area contributed by atoms with Crippen LogP contribution in [-0.2, 0) is 12.8 Å². The largest absolute Gasteiger partial charge is 0.494 e. The molecule has 0 radical (unpaired) electrons. The zero-order valence-corrected chi connectivity index (χ0v) is 16.9. The Bertz CT molecular complexity index is 1010. The van der Waals surface area contributed by atoms with Crippen molar-refractivity contribution in [2.45, 2.75) is 38.5 Å². The van der Waals surface area contributed by atoms with Crippen LogP contribution in [0.25, 0.3) is 5.69 Å². The van der Waals surface area contributed by atoms with Gasteiger partial charge in [0.15, 0.2) is 5.78 Å². The Kier molecular flexibility index (Phi) is 5.23. The molecule has 28 heavy (non-hydrogen) atoms. The summed E-state index contributed by atoms with van der Waals surface area (Å²) in [4.78, 5) is 13.1. The Balaban J connectivity index is 1.83. The van der Waals surface area contributed by atoms with Crippen molar-refractivity contribution in [1.82, 2.24) is 9.78 Å². The van der Waals surface area contributed by atoms with Crippen LogP contribution in [0.4, 0.5) is 0 Å². The van der Waals surface area contributed by atoms with Crippen LogP contribution in [0, 0.1) is 0 Å². The third-order valence-corrected chi connectivity index (χ3v) is 5.57. The number of ketones is 1. The van der Waals surface area contributed by atoms with Gasteiger partial charge in [-0.25, -0.2) is 4.68 Å². The van der Waals surface area contributed by atoms with Crippen LogP contribution >= 0.6 is 11.6 Å². The molecular weight excluding hydrogens is 372 g/mol. The molecule has 0 N–H and O–H groups in total. The van der Waals surface area contributed by atoms with Crippen molar-refractivity contribution in [2.75, 3.05) is 7.11 Å². The third kappa shape index (κ3) is 3.33. The van der Waals surface area contributed by atoms with Gasteiger partial charge in [0, 0.05) is 11.4 Å². The number of carbonyl (C=O) groups is 1. The highest BCUT2D eigenvalue weighted by molar-refractivity contribution is 6.30. The lowest BCUT2D eigenvalue weighted by atomic mass is 9.81. The quantitative estimate of drug-likeness (QED) is 0.582. The Hall–Kier alpha value is -2.59. The van der Waals surface area contributed by atoms with E-state index in [4.69, 9.17) is 21.4 Å². The topological polar surface area (TPSA) is 44.1 Å². The molecule has 0 saturated heterocycles. The van der Waals surface area contributed by atoms with Crippen molar-refractivity contribution in [3.8, 4) is 11.4 Å². The maximum atomic E-state index is 13.1. The van der Waals surface area contributed by atoms with E-state index in [2.05, 4.69) is 19.1 Å². The number of Topliss-reactive ketones (excluding diaryl/α,β-unsaturated/α-hetero) is 1. The fourth-order valence-electron chi connectivity index (χ4n) is 4.06.